The Kier molecular flexibility index (Phi) is 6.30. The van der Waals surface area contributed by atoms with Crippen molar-refractivity contribution in [3.8, 4) is 5.75 Å². The molecule has 0 aliphatic rings. The molecule has 1 unspecified atom stereocenters. The molecule has 0 heterocycles. The van der Waals surface area contributed by atoms with Gasteiger partial charge in [-0.05, 0) is 36.6 Å². The van der Waals surface area contributed by atoms with Gasteiger partial charge < -0.3 is 10.1 Å². The Morgan fingerprint density at radius 3 is 2.44 bits per heavy atom. The van der Waals surface area contributed by atoms with Gasteiger partial charge in [-0.2, -0.15) is 0 Å². The van der Waals surface area contributed by atoms with E-state index in [9.17, 15) is 13.2 Å². The minimum atomic E-state index is -4.31. The maximum absolute atomic E-state index is 12.0. The Hall–Kier alpha value is -2.22. The number of nitrogens with two attached hydrogens (primary N) is 1. The van der Waals surface area contributed by atoms with E-state index in [0.29, 0.717) is 6.42 Å². The summed E-state index contributed by atoms with van der Waals surface area (Å²) < 4.78 is 27.8. The molecule has 0 fully saturated rings. The fourth-order valence-corrected chi connectivity index (χ4v) is 2.97. The van der Waals surface area contributed by atoms with Crippen LogP contribution in [0.5, 0.6) is 5.75 Å². The predicted molar refractivity (Wildman–Crippen MR) is 96.9 cm³/mol. The molecule has 6 nitrogen and oxygen atoms in total. The number of primary sulfonamides is 1. The van der Waals surface area contributed by atoms with E-state index in [1.165, 1.54) is 18.7 Å². The van der Waals surface area contributed by atoms with Crippen LogP contribution in [0.25, 0.3) is 0 Å². The second kappa shape index (κ2) is 8.24. The van der Waals surface area contributed by atoms with Crippen LogP contribution in [0.3, 0.4) is 0 Å². The van der Waals surface area contributed by atoms with Gasteiger partial charge in [-0.1, -0.05) is 36.4 Å². The Bertz CT molecular complexity index is 835. The van der Waals surface area contributed by atoms with E-state index >= 15 is 0 Å². The van der Waals surface area contributed by atoms with Crippen LogP contribution >= 0.6 is 0 Å². The lowest BCUT2D eigenvalue weighted by Gasteiger charge is -2.15. The Morgan fingerprint density at radius 1 is 1.16 bits per heavy atom. The van der Waals surface area contributed by atoms with Crippen LogP contribution in [0.1, 0.15) is 28.4 Å². The highest BCUT2D eigenvalue weighted by Crippen LogP contribution is 2.22. The topological polar surface area (TPSA) is 98.5 Å². The normalized spacial score (nSPS) is 12.6. The number of benzene rings is 2. The quantitative estimate of drug-likeness (QED) is 0.783. The zero-order valence-corrected chi connectivity index (χ0v) is 15.0. The van der Waals surface area contributed by atoms with Gasteiger partial charge in [0.05, 0.1) is 12.7 Å². The summed E-state index contributed by atoms with van der Waals surface area (Å²) in [5.41, 5.74) is 1.95. The molecule has 0 aliphatic carbocycles. The highest BCUT2D eigenvalue weighted by Gasteiger charge is 2.23. The van der Waals surface area contributed by atoms with Crippen LogP contribution in [0, 0.1) is 0 Å². The van der Waals surface area contributed by atoms with Gasteiger partial charge >= 0.3 is 0 Å². The molecule has 3 N–H and O–H groups in total. The predicted octanol–water partition coefficient (Wildman–Crippen LogP) is 1.84. The van der Waals surface area contributed by atoms with Gasteiger partial charge in [0.25, 0.3) is 15.1 Å². The molecule has 2 aromatic carbocycles. The SMILES string of the molecule is COc1ccc(CC(C)NCc2ccccc2)cc1C(=O)S(N)(=O)=O. The molecule has 2 aromatic rings. The smallest absolute Gasteiger partial charge is 0.295 e. The van der Waals surface area contributed by atoms with Crippen LogP contribution in [-0.4, -0.2) is 26.7 Å². The first-order chi connectivity index (χ1) is 11.8. The maximum atomic E-state index is 12.0. The van der Waals surface area contributed by atoms with Gasteiger partial charge in [-0.3, -0.25) is 4.79 Å². The Balaban J connectivity index is 2.10. The molecule has 0 amide bonds. The fraction of sp³-hybridized carbons (Fsp3) is 0.278. The van der Waals surface area contributed by atoms with E-state index in [1.54, 1.807) is 12.1 Å². The third-order valence-corrected chi connectivity index (χ3v) is 4.52. The van der Waals surface area contributed by atoms with E-state index in [1.807, 2.05) is 37.3 Å². The third kappa shape index (κ3) is 5.38. The summed E-state index contributed by atoms with van der Waals surface area (Å²) in [4.78, 5) is 12.0. The van der Waals surface area contributed by atoms with Crippen molar-refractivity contribution < 1.29 is 17.9 Å². The molecular weight excluding hydrogens is 340 g/mol. The molecule has 0 spiro atoms. The number of carbonyl (C=O) groups is 1. The monoisotopic (exact) mass is 362 g/mol. The number of nitrogens with one attached hydrogen (secondary N) is 1. The minimum absolute atomic E-state index is 0.0437. The van der Waals surface area contributed by atoms with Gasteiger partial charge in [-0.15, -0.1) is 0 Å². The molecule has 7 heteroatoms. The number of rotatable bonds is 7. The van der Waals surface area contributed by atoms with Crippen molar-refractivity contribution in [2.24, 2.45) is 5.14 Å². The summed E-state index contributed by atoms with van der Waals surface area (Å²) in [5, 5.41) is 7.21. The van der Waals surface area contributed by atoms with Gasteiger partial charge in [-0.25, -0.2) is 13.6 Å². The molecule has 0 radical (unpaired) electrons. The molecule has 0 saturated carbocycles. The summed E-state index contributed by atoms with van der Waals surface area (Å²) in [6.45, 7) is 2.75. The van der Waals surface area contributed by atoms with Crippen molar-refractivity contribution >= 4 is 15.1 Å². The number of sulfonamides is 1. The highest BCUT2D eigenvalue weighted by atomic mass is 32.2. The van der Waals surface area contributed by atoms with E-state index in [4.69, 9.17) is 9.88 Å². The van der Waals surface area contributed by atoms with E-state index in [2.05, 4.69) is 5.32 Å². The largest absolute Gasteiger partial charge is 0.496 e. The first-order valence-corrected chi connectivity index (χ1v) is 9.37. The standard InChI is InChI=1S/C18H22N2O4S/c1-13(20-12-14-6-4-3-5-7-14)10-15-8-9-17(24-2)16(11-15)18(21)25(19,22)23/h3-9,11,13,20H,10,12H2,1-2H3,(H2,19,22,23). The van der Waals surface area contributed by atoms with E-state index in [-0.39, 0.29) is 17.4 Å². The van der Waals surface area contributed by atoms with Crippen LogP contribution < -0.4 is 15.2 Å². The van der Waals surface area contributed by atoms with Gasteiger partial charge in [0.1, 0.15) is 5.75 Å². The van der Waals surface area contributed by atoms with Gasteiger partial charge in [0, 0.05) is 12.6 Å². The van der Waals surface area contributed by atoms with Crippen molar-refractivity contribution in [3.05, 3.63) is 65.2 Å². The zero-order chi connectivity index (χ0) is 18.4. The summed E-state index contributed by atoms with van der Waals surface area (Å²) in [7, 11) is -2.94. The molecule has 25 heavy (non-hydrogen) atoms. The van der Waals surface area contributed by atoms with Crippen LogP contribution in [-0.2, 0) is 23.0 Å². The lowest BCUT2D eigenvalue weighted by molar-refractivity contribution is 0.107. The van der Waals surface area contributed by atoms with Crippen LogP contribution in [0.4, 0.5) is 0 Å². The lowest BCUT2D eigenvalue weighted by Crippen LogP contribution is -2.28. The Morgan fingerprint density at radius 2 is 1.84 bits per heavy atom. The first-order valence-electron chi connectivity index (χ1n) is 7.82. The van der Waals surface area contributed by atoms with E-state index in [0.717, 1.165) is 12.1 Å². The highest BCUT2D eigenvalue weighted by molar-refractivity contribution is 8.04. The third-order valence-electron chi connectivity index (χ3n) is 3.78. The second-order valence-electron chi connectivity index (χ2n) is 5.84. The van der Waals surface area contributed by atoms with Crippen molar-refractivity contribution in [2.75, 3.05) is 7.11 Å². The molecule has 134 valence electrons. The summed E-state index contributed by atoms with van der Waals surface area (Å²) in [5.74, 6) is 0.188. The molecule has 0 bridgehead atoms. The number of hydrogen-bond donors (Lipinski definition) is 2. The average Bonchev–Trinajstić information content (AvgIpc) is 2.59. The van der Waals surface area contributed by atoms with Gasteiger partial charge in [0.15, 0.2) is 0 Å². The molecule has 2 rings (SSSR count). The number of methoxy groups -OCH3 is 1. The molecule has 0 saturated heterocycles. The summed E-state index contributed by atoms with van der Waals surface area (Å²) >= 11 is 0. The van der Waals surface area contributed by atoms with Crippen molar-refractivity contribution in [2.45, 2.75) is 25.9 Å². The summed E-state index contributed by atoms with van der Waals surface area (Å²) in [6.07, 6.45) is 0.627. The molecule has 0 aliphatic heterocycles. The van der Waals surface area contributed by atoms with Crippen LogP contribution in [0.2, 0.25) is 0 Å². The zero-order valence-electron chi connectivity index (χ0n) is 14.2. The number of ether oxygens (including phenoxy) is 1. The Labute approximate surface area is 148 Å². The van der Waals surface area contributed by atoms with Crippen molar-refractivity contribution in [3.63, 3.8) is 0 Å². The maximum Gasteiger partial charge on any atom is 0.295 e. The van der Waals surface area contributed by atoms with Gasteiger partial charge in [0.2, 0.25) is 0 Å². The lowest BCUT2D eigenvalue weighted by atomic mass is 10.0. The molecule has 0 aromatic heterocycles. The van der Waals surface area contributed by atoms with Crippen molar-refractivity contribution in [1.29, 1.82) is 0 Å². The van der Waals surface area contributed by atoms with Crippen LogP contribution in [0.15, 0.2) is 48.5 Å². The van der Waals surface area contributed by atoms with E-state index < -0.39 is 15.1 Å². The molecular formula is C18H22N2O4S. The fourth-order valence-electron chi connectivity index (χ4n) is 2.51. The minimum Gasteiger partial charge on any atom is -0.496 e. The number of hydrogen-bond acceptors (Lipinski definition) is 5. The average molecular weight is 362 g/mol. The first kappa shape index (κ1) is 19.1. The number of carbonyl (C=O) groups excluding carboxylic acids is 1. The second-order valence-corrected chi connectivity index (χ2v) is 7.30. The molecule has 1 atom stereocenters. The van der Waals surface area contributed by atoms with Crippen molar-refractivity contribution in [1.82, 2.24) is 5.32 Å². The summed E-state index contributed by atoms with van der Waals surface area (Å²) in [6, 6.07) is 15.0.